The third kappa shape index (κ3) is 3.45. The number of hydrogen-bond donors (Lipinski definition) is 2. The zero-order valence-electron chi connectivity index (χ0n) is 14.3. The van der Waals surface area contributed by atoms with Gasteiger partial charge in [-0.1, -0.05) is 24.9 Å². The van der Waals surface area contributed by atoms with Crippen LogP contribution in [0.4, 0.5) is 10.3 Å². The Balaban J connectivity index is 0.000000219. The van der Waals surface area contributed by atoms with Crippen molar-refractivity contribution in [1.82, 2.24) is 14.6 Å². The van der Waals surface area contributed by atoms with Crippen LogP contribution in [0.3, 0.4) is 0 Å². The maximum absolute atomic E-state index is 14.1. The van der Waals surface area contributed by atoms with Crippen LogP contribution in [0.5, 0.6) is 0 Å². The SMILES string of the molecule is CCC1(c2c(Cl)c(F)c3cnc(N)nn23)CCC1.OC1CCCOC1. The molecular weight excluding hydrogens is 347 g/mol. The van der Waals surface area contributed by atoms with Crippen LogP contribution in [0, 0.1) is 5.82 Å². The average molecular weight is 371 g/mol. The molecule has 6 nitrogen and oxygen atoms in total. The second-order valence-corrected chi connectivity index (χ2v) is 7.13. The number of aromatic nitrogens is 3. The molecule has 1 aliphatic heterocycles. The van der Waals surface area contributed by atoms with Crippen molar-refractivity contribution < 1.29 is 14.2 Å². The Bertz CT molecular complexity index is 736. The zero-order valence-corrected chi connectivity index (χ0v) is 15.1. The van der Waals surface area contributed by atoms with Gasteiger partial charge in [-0.05, 0) is 32.1 Å². The first kappa shape index (κ1) is 18.4. The molecule has 2 aromatic rings. The molecule has 1 aliphatic carbocycles. The molecule has 8 heteroatoms. The van der Waals surface area contributed by atoms with Crippen LogP contribution in [-0.4, -0.2) is 39.0 Å². The van der Waals surface area contributed by atoms with E-state index in [9.17, 15) is 4.39 Å². The van der Waals surface area contributed by atoms with Crippen LogP contribution in [0.1, 0.15) is 51.1 Å². The fourth-order valence-electron chi connectivity index (χ4n) is 3.54. The highest BCUT2D eigenvalue weighted by Crippen LogP contribution is 2.49. The lowest BCUT2D eigenvalue weighted by Crippen LogP contribution is -2.35. The predicted molar refractivity (Wildman–Crippen MR) is 94.2 cm³/mol. The third-order valence-electron chi connectivity index (χ3n) is 5.21. The van der Waals surface area contributed by atoms with Crippen LogP contribution in [0.25, 0.3) is 5.52 Å². The van der Waals surface area contributed by atoms with Crippen molar-refractivity contribution in [3.8, 4) is 0 Å². The van der Waals surface area contributed by atoms with Crippen LogP contribution >= 0.6 is 11.6 Å². The summed E-state index contributed by atoms with van der Waals surface area (Å²) in [7, 11) is 0. The monoisotopic (exact) mass is 370 g/mol. The van der Waals surface area contributed by atoms with Gasteiger partial charge in [-0.25, -0.2) is 13.9 Å². The van der Waals surface area contributed by atoms with Crippen LogP contribution in [0.15, 0.2) is 6.20 Å². The Morgan fingerprint density at radius 1 is 1.48 bits per heavy atom. The van der Waals surface area contributed by atoms with Gasteiger partial charge >= 0.3 is 0 Å². The summed E-state index contributed by atoms with van der Waals surface area (Å²) in [4.78, 5) is 3.82. The number of ether oxygens (including phenoxy) is 1. The van der Waals surface area contributed by atoms with Crippen LogP contribution in [-0.2, 0) is 10.2 Å². The molecule has 0 radical (unpaired) electrons. The molecule has 0 aromatic carbocycles. The molecule has 4 rings (SSSR count). The molecule has 2 aliphatic rings. The summed E-state index contributed by atoms with van der Waals surface area (Å²) < 4.78 is 20.6. The van der Waals surface area contributed by atoms with Crippen LogP contribution < -0.4 is 5.73 Å². The van der Waals surface area contributed by atoms with Crippen molar-refractivity contribution in [2.24, 2.45) is 0 Å². The number of aliphatic hydroxyl groups excluding tert-OH is 1. The molecule has 138 valence electrons. The van der Waals surface area contributed by atoms with E-state index < -0.39 is 5.82 Å². The highest BCUT2D eigenvalue weighted by molar-refractivity contribution is 6.32. The molecule has 3 heterocycles. The first-order chi connectivity index (χ1) is 12.0. The van der Waals surface area contributed by atoms with Gasteiger partial charge in [0.15, 0.2) is 5.82 Å². The largest absolute Gasteiger partial charge is 0.391 e. The van der Waals surface area contributed by atoms with E-state index in [2.05, 4.69) is 17.0 Å². The van der Waals surface area contributed by atoms with E-state index in [1.165, 1.54) is 10.7 Å². The lowest BCUT2D eigenvalue weighted by Gasteiger charge is -2.41. The first-order valence-corrected chi connectivity index (χ1v) is 9.11. The Morgan fingerprint density at radius 3 is 2.72 bits per heavy atom. The van der Waals surface area contributed by atoms with Gasteiger partial charge in [-0.2, -0.15) is 0 Å². The number of nitrogen functional groups attached to an aromatic ring is 1. The van der Waals surface area contributed by atoms with E-state index >= 15 is 0 Å². The van der Waals surface area contributed by atoms with E-state index in [0.717, 1.165) is 50.8 Å². The molecule has 25 heavy (non-hydrogen) atoms. The van der Waals surface area contributed by atoms with Crippen molar-refractivity contribution in [3.05, 3.63) is 22.7 Å². The van der Waals surface area contributed by atoms with Gasteiger partial charge in [0, 0.05) is 12.0 Å². The minimum atomic E-state index is -0.452. The number of aliphatic hydroxyl groups is 1. The smallest absolute Gasteiger partial charge is 0.238 e. The number of nitrogens with zero attached hydrogens (tertiary/aromatic N) is 3. The highest BCUT2D eigenvalue weighted by Gasteiger charge is 2.42. The number of fused-ring (bicyclic) bond motifs is 1. The molecule has 2 aromatic heterocycles. The molecule has 0 amide bonds. The minimum Gasteiger partial charge on any atom is -0.391 e. The maximum atomic E-state index is 14.1. The summed E-state index contributed by atoms with van der Waals surface area (Å²) in [5.41, 5.74) is 6.57. The zero-order chi connectivity index (χ0) is 18.0. The summed E-state index contributed by atoms with van der Waals surface area (Å²) in [6.45, 7) is 3.47. The Hall–Kier alpha value is -1.44. The van der Waals surface area contributed by atoms with Crippen molar-refractivity contribution in [2.75, 3.05) is 18.9 Å². The highest BCUT2D eigenvalue weighted by atomic mass is 35.5. The second-order valence-electron chi connectivity index (χ2n) is 6.75. The summed E-state index contributed by atoms with van der Waals surface area (Å²) in [6.07, 6.45) is 7.21. The first-order valence-electron chi connectivity index (χ1n) is 8.73. The minimum absolute atomic E-state index is 0.0644. The fourth-order valence-corrected chi connectivity index (χ4v) is 3.91. The van der Waals surface area contributed by atoms with Gasteiger partial charge in [-0.15, -0.1) is 5.10 Å². The molecule has 1 atom stereocenters. The molecule has 3 N–H and O–H groups in total. The second kappa shape index (κ2) is 7.43. The fraction of sp³-hybridized carbons (Fsp3) is 0.647. The summed E-state index contributed by atoms with van der Waals surface area (Å²) in [5, 5.41) is 13.1. The molecule has 1 saturated heterocycles. The Morgan fingerprint density at radius 2 is 2.24 bits per heavy atom. The summed E-state index contributed by atoms with van der Waals surface area (Å²) >= 11 is 6.16. The summed E-state index contributed by atoms with van der Waals surface area (Å²) in [5.74, 6) is -0.326. The van der Waals surface area contributed by atoms with Crippen molar-refractivity contribution in [2.45, 2.75) is 57.0 Å². The number of rotatable bonds is 2. The van der Waals surface area contributed by atoms with E-state index in [1.807, 2.05) is 0 Å². The lowest BCUT2D eigenvalue weighted by atomic mass is 9.65. The molecule has 1 saturated carbocycles. The number of halogens is 2. The lowest BCUT2D eigenvalue weighted by molar-refractivity contribution is -0.00535. The van der Waals surface area contributed by atoms with E-state index in [1.54, 1.807) is 0 Å². The van der Waals surface area contributed by atoms with Gasteiger partial charge < -0.3 is 15.6 Å². The summed E-state index contributed by atoms with van der Waals surface area (Å²) in [6, 6.07) is 0. The van der Waals surface area contributed by atoms with E-state index in [4.69, 9.17) is 27.2 Å². The molecule has 1 unspecified atom stereocenters. The molecule has 0 spiro atoms. The average Bonchev–Trinajstić information content (AvgIpc) is 2.81. The van der Waals surface area contributed by atoms with Gasteiger partial charge in [0.2, 0.25) is 5.95 Å². The van der Waals surface area contributed by atoms with Crippen molar-refractivity contribution in [3.63, 3.8) is 0 Å². The Kier molecular flexibility index (Phi) is 5.46. The predicted octanol–water partition coefficient (Wildman–Crippen LogP) is 3.09. The topological polar surface area (TPSA) is 85.7 Å². The molecule has 2 fully saturated rings. The van der Waals surface area contributed by atoms with Gasteiger partial charge in [-0.3, -0.25) is 0 Å². The van der Waals surface area contributed by atoms with Gasteiger partial charge in [0.05, 0.1) is 24.6 Å². The third-order valence-corrected chi connectivity index (χ3v) is 5.56. The number of hydrogen-bond acceptors (Lipinski definition) is 5. The van der Waals surface area contributed by atoms with Crippen molar-refractivity contribution >= 4 is 23.1 Å². The number of nitrogens with two attached hydrogens (primary N) is 1. The Labute approximate surface area is 151 Å². The maximum Gasteiger partial charge on any atom is 0.238 e. The quantitative estimate of drug-likeness (QED) is 0.848. The van der Waals surface area contributed by atoms with E-state index in [0.29, 0.717) is 12.1 Å². The molecular formula is C17H24ClFN4O2. The number of anilines is 1. The van der Waals surface area contributed by atoms with Gasteiger partial charge in [0.1, 0.15) is 10.5 Å². The van der Waals surface area contributed by atoms with E-state index in [-0.39, 0.29) is 22.5 Å². The van der Waals surface area contributed by atoms with Crippen LogP contribution in [0.2, 0.25) is 5.02 Å². The van der Waals surface area contributed by atoms with Crippen molar-refractivity contribution in [1.29, 1.82) is 0 Å². The molecule has 0 bridgehead atoms. The standard InChI is InChI=1S/C12H14ClFN4.C5H10O2/c1-2-12(4-3-5-12)10-8(13)9(14)7-6-16-11(15)17-18(7)10;6-5-2-1-3-7-4-5/h6H,2-5H2,1H3,(H2,15,17);5-6H,1-4H2. The normalized spacial score (nSPS) is 22.2. The van der Waals surface area contributed by atoms with Gasteiger partial charge in [0.25, 0.3) is 0 Å².